The highest BCUT2D eigenvalue weighted by atomic mass is 32.2. The first kappa shape index (κ1) is 14.5. The molecule has 0 amide bonds. The fourth-order valence-electron chi connectivity index (χ4n) is 2.89. The molecule has 1 unspecified atom stereocenters. The third-order valence-electron chi connectivity index (χ3n) is 3.98. The Hall–Kier alpha value is -1.47. The summed E-state index contributed by atoms with van der Waals surface area (Å²) in [7, 11) is -0.984. The summed E-state index contributed by atoms with van der Waals surface area (Å²) in [5.74, 6) is 0.572. The van der Waals surface area contributed by atoms with E-state index in [1.807, 2.05) is 20.2 Å². The van der Waals surface area contributed by atoms with E-state index in [2.05, 4.69) is 21.5 Å². The number of aromatic nitrogens is 3. The van der Waals surface area contributed by atoms with Gasteiger partial charge in [-0.05, 0) is 31.4 Å². The summed E-state index contributed by atoms with van der Waals surface area (Å²) >= 11 is 0. The first-order valence-corrected chi connectivity index (χ1v) is 8.99. The quantitative estimate of drug-likeness (QED) is 0.913. The molecule has 0 saturated carbocycles. The molecular formula is C14H20N4O2S. The van der Waals surface area contributed by atoms with Gasteiger partial charge >= 0.3 is 0 Å². The molecule has 3 heterocycles. The van der Waals surface area contributed by atoms with Crippen LogP contribution in [0.3, 0.4) is 0 Å². The molecular weight excluding hydrogens is 288 g/mol. The molecule has 7 heteroatoms. The van der Waals surface area contributed by atoms with E-state index in [1.165, 1.54) is 0 Å². The van der Waals surface area contributed by atoms with E-state index in [-0.39, 0.29) is 11.8 Å². The summed E-state index contributed by atoms with van der Waals surface area (Å²) in [6.07, 6.45) is 3.49. The van der Waals surface area contributed by atoms with Gasteiger partial charge in [-0.15, -0.1) is 0 Å². The Morgan fingerprint density at radius 2 is 2.29 bits per heavy atom. The van der Waals surface area contributed by atoms with E-state index >= 15 is 0 Å². The van der Waals surface area contributed by atoms with Gasteiger partial charge < -0.3 is 5.32 Å². The molecule has 0 bridgehead atoms. The molecule has 3 rings (SSSR count). The Morgan fingerprint density at radius 1 is 1.48 bits per heavy atom. The summed E-state index contributed by atoms with van der Waals surface area (Å²) < 4.78 is 25.0. The summed E-state index contributed by atoms with van der Waals surface area (Å²) in [5, 5.41) is 8.74. The summed E-state index contributed by atoms with van der Waals surface area (Å²) in [5.41, 5.74) is 2.89. The van der Waals surface area contributed by atoms with Gasteiger partial charge in [-0.3, -0.25) is 4.68 Å². The fraction of sp³-hybridized carbons (Fsp3) is 0.571. The maximum Gasteiger partial charge on any atom is 0.157 e. The minimum absolute atomic E-state index is 0.0504. The fourth-order valence-corrected chi connectivity index (χ4v) is 4.56. The van der Waals surface area contributed by atoms with Crippen molar-refractivity contribution in [2.75, 3.05) is 11.5 Å². The van der Waals surface area contributed by atoms with Crippen LogP contribution in [0, 0.1) is 6.92 Å². The molecule has 1 saturated heterocycles. The molecule has 0 radical (unpaired) electrons. The van der Waals surface area contributed by atoms with Gasteiger partial charge in [-0.2, -0.15) is 5.10 Å². The molecule has 1 atom stereocenters. The summed E-state index contributed by atoms with van der Waals surface area (Å²) in [6.45, 7) is 2.60. The van der Waals surface area contributed by atoms with E-state index < -0.39 is 9.84 Å². The molecule has 2 aromatic heterocycles. The van der Waals surface area contributed by atoms with Gasteiger partial charge in [0, 0.05) is 31.2 Å². The van der Waals surface area contributed by atoms with Crippen LogP contribution in [-0.4, -0.2) is 40.7 Å². The number of hydrogen-bond acceptors (Lipinski definition) is 5. The number of aryl methyl sites for hydroxylation is 2. The van der Waals surface area contributed by atoms with Gasteiger partial charge in [-0.25, -0.2) is 13.4 Å². The normalized spacial score (nSPS) is 21.7. The summed E-state index contributed by atoms with van der Waals surface area (Å²) in [4.78, 5) is 4.44. The second kappa shape index (κ2) is 5.38. The van der Waals surface area contributed by atoms with Crippen molar-refractivity contribution >= 4 is 20.9 Å². The van der Waals surface area contributed by atoms with Crippen molar-refractivity contribution in [3.05, 3.63) is 23.5 Å². The molecule has 114 valence electrons. The van der Waals surface area contributed by atoms with Crippen molar-refractivity contribution in [2.45, 2.75) is 32.4 Å². The predicted octanol–water partition coefficient (Wildman–Crippen LogP) is 0.944. The molecule has 0 aliphatic carbocycles. The van der Waals surface area contributed by atoms with Crippen LogP contribution in [0.1, 0.15) is 24.1 Å². The van der Waals surface area contributed by atoms with Gasteiger partial charge in [0.25, 0.3) is 0 Å². The zero-order valence-electron chi connectivity index (χ0n) is 12.3. The highest BCUT2D eigenvalue weighted by Gasteiger charge is 2.24. The Morgan fingerprint density at radius 3 is 3.05 bits per heavy atom. The minimum Gasteiger partial charge on any atom is -0.309 e. The molecule has 21 heavy (non-hydrogen) atoms. The van der Waals surface area contributed by atoms with E-state index in [1.54, 1.807) is 4.68 Å². The zero-order chi connectivity index (χ0) is 15.0. The van der Waals surface area contributed by atoms with Crippen LogP contribution in [0.2, 0.25) is 0 Å². The van der Waals surface area contributed by atoms with Crippen LogP contribution < -0.4 is 5.32 Å². The molecule has 1 aliphatic heterocycles. The van der Waals surface area contributed by atoms with Crippen LogP contribution in [0.4, 0.5) is 0 Å². The topological polar surface area (TPSA) is 76.9 Å². The second-order valence-electron chi connectivity index (χ2n) is 5.76. The first-order chi connectivity index (χ1) is 9.94. The first-order valence-electron chi connectivity index (χ1n) is 7.17. The lowest BCUT2D eigenvalue weighted by atomic mass is 10.1. The van der Waals surface area contributed by atoms with Crippen LogP contribution in [0.25, 0.3) is 11.0 Å². The number of pyridine rings is 1. The van der Waals surface area contributed by atoms with Crippen molar-refractivity contribution in [1.82, 2.24) is 20.1 Å². The lowest BCUT2D eigenvalue weighted by Crippen LogP contribution is -2.39. The number of fused-ring (bicyclic) bond motifs is 1. The molecule has 2 aromatic rings. The van der Waals surface area contributed by atoms with Gasteiger partial charge in [0.05, 0.1) is 17.2 Å². The lowest BCUT2D eigenvalue weighted by Gasteiger charge is -2.23. The summed E-state index contributed by atoms with van der Waals surface area (Å²) in [6, 6.07) is 2.13. The minimum atomic E-state index is -2.87. The Kier molecular flexibility index (Phi) is 3.71. The number of rotatable bonds is 3. The van der Waals surface area contributed by atoms with Crippen LogP contribution in [-0.2, 0) is 23.4 Å². The monoisotopic (exact) mass is 308 g/mol. The SMILES string of the molecule is Cc1nn(C)c2ncc(CNC3CCCS(=O)(=O)C3)cc12. The molecule has 1 fully saturated rings. The van der Waals surface area contributed by atoms with E-state index in [0.717, 1.165) is 35.1 Å². The smallest absolute Gasteiger partial charge is 0.157 e. The second-order valence-corrected chi connectivity index (χ2v) is 7.99. The number of nitrogens with one attached hydrogen (secondary N) is 1. The highest BCUT2D eigenvalue weighted by molar-refractivity contribution is 7.91. The average molecular weight is 308 g/mol. The van der Waals surface area contributed by atoms with E-state index in [0.29, 0.717) is 12.3 Å². The van der Waals surface area contributed by atoms with Crippen molar-refractivity contribution in [1.29, 1.82) is 0 Å². The predicted molar refractivity (Wildman–Crippen MR) is 81.8 cm³/mol. The number of hydrogen-bond donors (Lipinski definition) is 1. The largest absolute Gasteiger partial charge is 0.309 e. The maximum atomic E-state index is 11.6. The zero-order valence-corrected chi connectivity index (χ0v) is 13.2. The average Bonchev–Trinajstić information content (AvgIpc) is 2.70. The van der Waals surface area contributed by atoms with Crippen LogP contribution in [0.15, 0.2) is 12.3 Å². The van der Waals surface area contributed by atoms with Crippen LogP contribution >= 0.6 is 0 Å². The van der Waals surface area contributed by atoms with E-state index in [9.17, 15) is 8.42 Å². The Labute approximate surface area is 124 Å². The van der Waals surface area contributed by atoms with Gasteiger partial charge in [0.2, 0.25) is 0 Å². The van der Waals surface area contributed by atoms with E-state index in [4.69, 9.17) is 0 Å². The Bertz CT molecular complexity index is 767. The van der Waals surface area contributed by atoms with Gasteiger partial charge in [0.1, 0.15) is 0 Å². The number of sulfone groups is 1. The third kappa shape index (κ3) is 3.08. The Balaban J connectivity index is 1.72. The van der Waals surface area contributed by atoms with Gasteiger partial charge in [-0.1, -0.05) is 0 Å². The van der Waals surface area contributed by atoms with Crippen LogP contribution in [0.5, 0.6) is 0 Å². The van der Waals surface area contributed by atoms with Crippen molar-refractivity contribution in [3.63, 3.8) is 0 Å². The molecule has 1 N–H and O–H groups in total. The van der Waals surface area contributed by atoms with Gasteiger partial charge in [0.15, 0.2) is 15.5 Å². The number of nitrogens with zero attached hydrogens (tertiary/aromatic N) is 3. The molecule has 0 aromatic carbocycles. The highest BCUT2D eigenvalue weighted by Crippen LogP contribution is 2.17. The standard InChI is InChI=1S/C14H20N4O2S/c1-10-13-6-11(8-16-14(13)18(2)17-10)7-15-12-4-3-5-21(19,20)9-12/h6,8,12,15H,3-5,7,9H2,1-2H3. The molecule has 1 aliphatic rings. The lowest BCUT2D eigenvalue weighted by molar-refractivity contribution is 0.480. The molecule has 0 spiro atoms. The maximum absolute atomic E-state index is 11.6. The third-order valence-corrected chi connectivity index (χ3v) is 5.80. The van der Waals surface area contributed by atoms with Crippen molar-refractivity contribution < 1.29 is 8.42 Å². The van der Waals surface area contributed by atoms with Crippen molar-refractivity contribution in [2.24, 2.45) is 7.05 Å². The molecule has 6 nitrogen and oxygen atoms in total. The van der Waals surface area contributed by atoms with Crippen molar-refractivity contribution in [3.8, 4) is 0 Å².